The third kappa shape index (κ3) is 3.63. The number of hydrogen-bond acceptors (Lipinski definition) is 4. The van der Waals surface area contributed by atoms with Gasteiger partial charge in [0.05, 0.1) is 6.04 Å². The number of carbonyl (C=O) groups is 1. The highest BCUT2D eigenvalue weighted by Gasteiger charge is 2.32. The highest BCUT2D eigenvalue weighted by Crippen LogP contribution is 2.33. The fraction of sp³-hybridized carbons (Fsp3) is 0.316. The van der Waals surface area contributed by atoms with Gasteiger partial charge < -0.3 is 10.4 Å². The van der Waals surface area contributed by atoms with Crippen LogP contribution in [0.25, 0.3) is 0 Å². The summed E-state index contributed by atoms with van der Waals surface area (Å²) in [5.74, 6) is 0.140. The molecule has 1 saturated heterocycles. The maximum Gasteiger partial charge on any atom is 0.242 e. The smallest absolute Gasteiger partial charge is 0.242 e. The Hall–Kier alpha value is -2.08. The maximum atomic E-state index is 12.6. The first-order valence-corrected chi connectivity index (χ1v) is 8.61. The minimum absolute atomic E-state index is 0.130. The molecular weight excluding hydrogens is 338 g/mol. The summed E-state index contributed by atoms with van der Waals surface area (Å²) in [6, 6.07) is 8.78. The molecule has 25 heavy (non-hydrogen) atoms. The third-order valence-electron chi connectivity index (χ3n) is 4.59. The van der Waals surface area contributed by atoms with Crippen molar-refractivity contribution in [2.24, 2.45) is 0 Å². The molecule has 2 aromatic rings. The number of anilines is 1. The first kappa shape index (κ1) is 17.7. The number of phenols is 1. The molecule has 2 aromatic carbocycles. The van der Waals surface area contributed by atoms with Gasteiger partial charge in [-0.15, -0.1) is 0 Å². The molecule has 0 spiro atoms. The van der Waals surface area contributed by atoms with E-state index in [-0.39, 0.29) is 17.7 Å². The summed E-state index contributed by atoms with van der Waals surface area (Å²) >= 11 is 6.10. The van der Waals surface area contributed by atoms with Gasteiger partial charge in [-0.3, -0.25) is 4.79 Å². The Morgan fingerprint density at radius 3 is 2.76 bits per heavy atom. The van der Waals surface area contributed by atoms with Gasteiger partial charge in [0.2, 0.25) is 5.91 Å². The number of carbonyl (C=O) groups excluding carboxylic acids is 1. The van der Waals surface area contributed by atoms with Crippen LogP contribution in [0.1, 0.15) is 34.7 Å². The van der Waals surface area contributed by atoms with Gasteiger partial charge in [0.25, 0.3) is 0 Å². The van der Waals surface area contributed by atoms with Gasteiger partial charge >= 0.3 is 0 Å². The van der Waals surface area contributed by atoms with E-state index in [0.29, 0.717) is 17.1 Å². The number of phenolic OH excluding ortho intramolecular Hbond substituents is 1. The quantitative estimate of drug-likeness (QED) is 0.676. The summed E-state index contributed by atoms with van der Waals surface area (Å²) in [7, 11) is 0. The second kappa shape index (κ2) is 7.04. The summed E-state index contributed by atoms with van der Waals surface area (Å²) in [5, 5.41) is 13.9. The second-order valence-electron chi connectivity index (χ2n) is 6.55. The summed E-state index contributed by atoms with van der Waals surface area (Å²) in [6.45, 7) is 5.74. The predicted octanol–water partition coefficient (Wildman–Crippen LogP) is 3.52. The average Bonchev–Trinajstić information content (AvgIpc) is 3.05. The molecule has 2 atom stereocenters. The van der Waals surface area contributed by atoms with Crippen LogP contribution in [0.15, 0.2) is 30.3 Å². The topological polar surface area (TPSA) is 73.4 Å². The summed E-state index contributed by atoms with van der Waals surface area (Å²) in [4.78, 5) is 12.6. The van der Waals surface area contributed by atoms with E-state index in [1.165, 1.54) is 0 Å². The van der Waals surface area contributed by atoms with Crippen molar-refractivity contribution < 1.29 is 9.90 Å². The van der Waals surface area contributed by atoms with E-state index in [0.717, 1.165) is 22.3 Å². The number of halogens is 1. The van der Waals surface area contributed by atoms with Crippen molar-refractivity contribution >= 4 is 23.2 Å². The van der Waals surface area contributed by atoms with Crippen molar-refractivity contribution in [2.45, 2.75) is 39.3 Å². The van der Waals surface area contributed by atoms with Crippen LogP contribution < -0.4 is 16.2 Å². The van der Waals surface area contributed by atoms with Crippen LogP contribution in [0.4, 0.5) is 5.69 Å². The lowest BCUT2D eigenvalue weighted by atomic mass is 9.96. The maximum absolute atomic E-state index is 12.6. The number of hydrogen-bond donors (Lipinski definition) is 4. The molecule has 1 fully saturated rings. The van der Waals surface area contributed by atoms with Crippen LogP contribution in [-0.2, 0) is 4.79 Å². The lowest BCUT2D eigenvalue weighted by molar-refractivity contribution is -0.117. The molecule has 0 saturated carbocycles. The van der Waals surface area contributed by atoms with Crippen molar-refractivity contribution in [3.8, 4) is 5.75 Å². The molecular formula is C19H22ClN3O2. The number of benzene rings is 2. The summed E-state index contributed by atoms with van der Waals surface area (Å²) in [5.41, 5.74) is 10.4. The fourth-order valence-corrected chi connectivity index (χ4v) is 3.33. The van der Waals surface area contributed by atoms with Crippen LogP contribution in [0.5, 0.6) is 5.75 Å². The Morgan fingerprint density at radius 2 is 2.00 bits per heavy atom. The largest absolute Gasteiger partial charge is 0.507 e. The molecule has 0 radical (unpaired) electrons. The van der Waals surface area contributed by atoms with Gasteiger partial charge in [0.15, 0.2) is 0 Å². The normalized spacial score (nSPS) is 19.8. The van der Waals surface area contributed by atoms with E-state index in [2.05, 4.69) is 16.2 Å². The standard InChI is InChI=1S/C19H22ClN3O2/c1-10-7-11(2)18(24)13(8-10)16-9-17(23-22-16)19(25)21-15-6-4-5-14(20)12(15)3/h4-8,16-17,22-24H,9H2,1-3H3,(H,21,25). The zero-order chi connectivity index (χ0) is 18.1. The van der Waals surface area contributed by atoms with Gasteiger partial charge in [-0.05, 0) is 50.5 Å². The molecule has 0 bridgehead atoms. The van der Waals surface area contributed by atoms with Gasteiger partial charge in [-0.25, -0.2) is 10.9 Å². The van der Waals surface area contributed by atoms with Gasteiger partial charge in [0, 0.05) is 16.3 Å². The van der Waals surface area contributed by atoms with Gasteiger partial charge in [0.1, 0.15) is 11.8 Å². The number of rotatable bonds is 3. The first-order chi connectivity index (χ1) is 11.9. The summed E-state index contributed by atoms with van der Waals surface area (Å²) < 4.78 is 0. The Morgan fingerprint density at radius 1 is 1.24 bits per heavy atom. The van der Waals surface area contributed by atoms with Crippen molar-refractivity contribution in [1.29, 1.82) is 0 Å². The van der Waals surface area contributed by atoms with Crippen LogP contribution >= 0.6 is 11.6 Å². The molecule has 2 unspecified atom stereocenters. The molecule has 4 N–H and O–H groups in total. The lowest BCUT2D eigenvalue weighted by Gasteiger charge is -2.15. The number of aromatic hydroxyl groups is 1. The number of aryl methyl sites for hydroxylation is 2. The molecule has 1 aliphatic heterocycles. The van der Waals surface area contributed by atoms with Gasteiger partial charge in [-0.1, -0.05) is 35.4 Å². The molecule has 3 rings (SSSR count). The number of nitrogens with one attached hydrogen (secondary N) is 3. The minimum atomic E-state index is -0.399. The van der Waals surface area contributed by atoms with E-state index in [4.69, 9.17) is 11.6 Å². The molecule has 132 valence electrons. The van der Waals surface area contributed by atoms with E-state index in [9.17, 15) is 9.90 Å². The Bertz CT molecular complexity index is 823. The highest BCUT2D eigenvalue weighted by molar-refractivity contribution is 6.31. The SMILES string of the molecule is Cc1cc(C)c(O)c(C2CC(C(=O)Nc3cccc(Cl)c3C)NN2)c1. The first-order valence-electron chi connectivity index (χ1n) is 8.24. The zero-order valence-corrected chi connectivity index (χ0v) is 15.2. The Balaban J connectivity index is 1.73. The van der Waals surface area contributed by atoms with E-state index in [1.54, 1.807) is 6.07 Å². The van der Waals surface area contributed by atoms with Crippen LogP contribution in [0.2, 0.25) is 5.02 Å². The summed E-state index contributed by atoms with van der Waals surface area (Å²) in [6.07, 6.45) is 0.544. The highest BCUT2D eigenvalue weighted by atomic mass is 35.5. The Labute approximate surface area is 152 Å². The Kier molecular flexibility index (Phi) is 4.99. The van der Waals surface area contributed by atoms with Crippen LogP contribution in [-0.4, -0.2) is 17.1 Å². The zero-order valence-electron chi connectivity index (χ0n) is 14.5. The van der Waals surface area contributed by atoms with E-state index >= 15 is 0 Å². The lowest BCUT2D eigenvalue weighted by Crippen LogP contribution is -2.39. The third-order valence-corrected chi connectivity index (χ3v) is 5.00. The molecule has 1 aliphatic rings. The minimum Gasteiger partial charge on any atom is -0.507 e. The van der Waals surface area contributed by atoms with E-state index in [1.807, 2.05) is 45.0 Å². The molecule has 1 amide bonds. The van der Waals surface area contributed by atoms with Crippen LogP contribution in [0, 0.1) is 20.8 Å². The molecule has 0 aromatic heterocycles. The second-order valence-corrected chi connectivity index (χ2v) is 6.96. The molecule has 1 heterocycles. The monoisotopic (exact) mass is 359 g/mol. The van der Waals surface area contributed by atoms with Crippen molar-refractivity contribution in [3.63, 3.8) is 0 Å². The molecule has 0 aliphatic carbocycles. The van der Waals surface area contributed by atoms with Crippen LogP contribution in [0.3, 0.4) is 0 Å². The predicted molar refractivity (Wildman–Crippen MR) is 99.8 cm³/mol. The molecule has 5 nitrogen and oxygen atoms in total. The number of amides is 1. The average molecular weight is 360 g/mol. The van der Waals surface area contributed by atoms with Crippen molar-refractivity contribution in [1.82, 2.24) is 10.9 Å². The molecule has 6 heteroatoms. The van der Waals surface area contributed by atoms with E-state index < -0.39 is 6.04 Å². The van der Waals surface area contributed by atoms with Crippen molar-refractivity contribution in [3.05, 3.63) is 57.6 Å². The number of hydrazine groups is 1. The fourth-order valence-electron chi connectivity index (χ4n) is 3.15. The van der Waals surface area contributed by atoms with Gasteiger partial charge in [-0.2, -0.15) is 0 Å². The van der Waals surface area contributed by atoms with Crippen molar-refractivity contribution in [2.75, 3.05) is 5.32 Å².